The minimum absolute atomic E-state index is 0.0776. The smallest absolute Gasteiger partial charge is 0.163 e. The van der Waals surface area contributed by atoms with Gasteiger partial charge in [-0.15, -0.1) is 0 Å². The van der Waals surface area contributed by atoms with Crippen LogP contribution < -0.4 is 10.6 Å². The average molecular weight is 427 g/mol. The Bertz CT molecular complexity index is 1100. The fourth-order valence-corrected chi connectivity index (χ4v) is 8.44. The van der Waals surface area contributed by atoms with Gasteiger partial charge in [-0.1, -0.05) is 133 Å². The third-order valence-corrected chi connectivity index (χ3v) is 10.9. The zero-order chi connectivity index (χ0) is 20.8. The van der Waals surface area contributed by atoms with E-state index in [9.17, 15) is 4.79 Å². The Morgan fingerprint density at radius 2 is 1.03 bits per heavy atom. The number of rotatable bonds is 7. The molecule has 0 aromatic heterocycles. The van der Waals surface area contributed by atoms with Crippen LogP contribution in [0.3, 0.4) is 0 Å². The zero-order valence-electron chi connectivity index (χ0n) is 16.6. The molecule has 0 spiro atoms. The molecule has 1 atom stereocenters. The lowest BCUT2D eigenvalue weighted by Crippen LogP contribution is -2.23. The average Bonchev–Trinajstić information content (AvgIpc) is 2.84. The summed E-state index contributed by atoms with van der Waals surface area (Å²) in [7, 11) is 0. The van der Waals surface area contributed by atoms with Crippen LogP contribution in [0.1, 0.15) is 28.0 Å². The van der Waals surface area contributed by atoms with Crippen molar-refractivity contribution in [3.8, 4) is 0 Å². The lowest BCUT2D eigenvalue weighted by Gasteiger charge is -2.32. The first-order valence-electron chi connectivity index (χ1n) is 10.0. The Balaban J connectivity index is 1.88. The molecule has 0 aliphatic heterocycles. The fraction of sp³-hybridized carbons (Fsp3) is 0.0741. The summed E-state index contributed by atoms with van der Waals surface area (Å²) in [6, 6.07) is 38.2. The quantitative estimate of drug-likeness (QED) is 0.261. The van der Waals surface area contributed by atoms with E-state index in [1.165, 1.54) is 0 Å². The van der Waals surface area contributed by atoms with Gasteiger partial charge in [0.2, 0.25) is 0 Å². The van der Waals surface area contributed by atoms with Crippen molar-refractivity contribution in [2.24, 2.45) is 0 Å². The highest BCUT2D eigenvalue weighted by Gasteiger charge is 2.34. The predicted octanol–water partition coefficient (Wildman–Crippen LogP) is 6.13. The van der Waals surface area contributed by atoms with E-state index < -0.39 is 6.04 Å². The number of hydrogen-bond acceptors (Lipinski definition) is 2. The van der Waals surface area contributed by atoms with E-state index in [1.807, 2.05) is 84.9 Å². The van der Waals surface area contributed by atoms with E-state index in [0.29, 0.717) is 6.42 Å². The van der Waals surface area contributed by atoms with Gasteiger partial charge >= 0.3 is 0 Å². The van der Waals surface area contributed by atoms with E-state index in [0.717, 1.165) is 21.7 Å². The summed E-state index contributed by atoms with van der Waals surface area (Å²) in [4.78, 5) is 13.3. The molecule has 0 aliphatic rings. The van der Waals surface area contributed by atoms with Crippen molar-refractivity contribution in [2.45, 2.75) is 12.1 Å². The molecule has 0 heterocycles. The Labute approximate surface area is 183 Å². The second-order valence-corrected chi connectivity index (χ2v) is 11.9. The van der Waals surface area contributed by atoms with Crippen LogP contribution in [0.15, 0.2) is 121 Å². The van der Waals surface area contributed by atoms with Gasteiger partial charge in [-0.3, -0.25) is 4.79 Å². The van der Waals surface area contributed by atoms with Crippen molar-refractivity contribution in [1.82, 2.24) is 0 Å². The monoisotopic (exact) mass is 426 g/mol. The largest absolute Gasteiger partial charge is 0.294 e. The molecule has 0 amide bonds. The molecule has 0 bridgehead atoms. The maximum absolute atomic E-state index is 13.3. The Kier molecular flexibility index (Phi) is 6.38. The van der Waals surface area contributed by atoms with Crippen molar-refractivity contribution in [2.75, 3.05) is 0 Å². The van der Waals surface area contributed by atoms with Crippen molar-refractivity contribution in [3.05, 3.63) is 132 Å². The number of Topliss-reactive ketones (excluding diaryl/α,β-unsaturated/α-hetero) is 1. The van der Waals surface area contributed by atoms with Crippen LogP contribution >= 0.6 is 6.04 Å². The second-order valence-electron chi connectivity index (χ2n) is 7.25. The van der Waals surface area contributed by atoms with Gasteiger partial charge in [-0.2, -0.15) is 0 Å². The molecule has 0 N–H and O–H groups in total. The van der Waals surface area contributed by atoms with Gasteiger partial charge in [0.25, 0.3) is 0 Å². The van der Waals surface area contributed by atoms with Crippen LogP contribution in [0.2, 0.25) is 0 Å². The molecule has 4 aromatic carbocycles. The second kappa shape index (κ2) is 9.34. The van der Waals surface area contributed by atoms with Crippen LogP contribution in [-0.4, -0.2) is 5.78 Å². The summed E-state index contributed by atoms with van der Waals surface area (Å²) in [6.07, 6.45) is 0.384. The Morgan fingerprint density at radius 3 is 1.50 bits per heavy atom. The zero-order valence-corrected chi connectivity index (χ0v) is 18.3. The minimum atomic E-state index is -2.32. The topological polar surface area (TPSA) is 17.1 Å². The van der Waals surface area contributed by atoms with Crippen molar-refractivity contribution in [3.63, 3.8) is 0 Å². The summed E-state index contributed by atoms with van der Waals surface area (Å²) in [5, 5.41) is 2.28. The maximum Gasteiger partial charge on any atom is 0.163 e. The van der Waals surface area contributed by atoms with Gasteiger partial charge in [0, 0.05) is 23.7 Å². The molecule has 0 radical (unpaired) electrons. The van der Waals surface area contributed by atoms with E-state index >= 15 is 0 Å². The molecule has 4 aromatic rings. The van der Waals surface area contributed by atoms with E-state index in [1.54, 1.807) is 0 Å². The van der Waals surface area contributed by atoms with Crippen LogP contribution in [0, 0.1) is 0 Å². The molecule has 0 saturated carbocycles. The number of carbonyl (C=O) groups excluding carboxylic acids is 1. The van der Waals surface area contributed by atoms with Crippen molar-refractivity contribution < 1.29 is 4.79 Å². The fourth-order valence-electron chi connectivity index (χ4n) is 3.86. The first-order chi connectivity index (χ1) is 14.7. The third kappa shape index (κ3) is 4.21. The molecular weight excluding hydrogens is 403 g/mol. The lowest BCUT2D eigenvalue weighted by atomic mass is 10.0. The van der Waals surface area contributed by atoms with Crippen LogP contribution in [0.4, 0.5) is 0 Å². The highest BCUT2D eigenvalue weighted by atomic mass is 32.4. The number of benzene rings is 4. The molecule has 0 fully saturated rings. The molecule has 4 rings (SSSR count). The van der Waals surface area contributed by atoms with Crippen LogP contribution in [-0.2, 0) is 11.8 Å². The highest BCUT2D eigenvalue weighted by Crippen LogP contribution is 2.59. The van der Waals surface area contributed by atoms with Gasteiger partial charge in [0.1, 0.15) is 0 Å². The van der Waals surface area contributed by atoms with E-state index in [-0.39, 0.29) is 11.4 Å². The molecule has 3 heteroatoms. The number of carbonyl (C=O) groups is 1. The van der Waals surface area contributed by atoms with Gasteiger partial charge in [-0.25, -0.2) is 0 Å². The molecule has 0 saturated heterocycles. The van der Waals surface area contributed by atoms with E-state index in [2.05, 4.69) is 36.4 Å². The predicted molar refractivity (Wildman–Crippen MR) is 131 cm³/mol. The minimum Gasteiger partial charge on any atom is -0.294 e. The SMILES string of the molecule is O=C(CC(c1ccccc1)P(=S)(c1ccccc1)c1ccccc1)c1ccccc1. The molecule has 1 nitrogen and oxygen atoms in total. The standard InChI is InChI=1S/C27H23OPS/c28-26(22-13-5-1-6-14-22)21-27(23-15-7-2-8-16-23)29(30,24-17-9-3-10-18-24)25-19-11-4-12-20-25/h1-20,27H,21H2. The summed E-state index contributed by atoms with van der Waals surface area (Å²) in [6.45, 7) is 0. The Hall–Kier alpha value is -2.80. The molecule has 148 valence electrons. The van der Waals surface area contributed by atoms with Crippen LogP contribution in [0.5, 0.6) is 0 Å². The lowest BCUT2D eigenvalue weighted by molar-refractivity contribution is 0.0981. The first-order valence-corrected chi connectivity index (χ1v) is 12.9. The van der Waals surface area contributed by atoms with Gasteiger partial charge < -0.3 is 0 Å². The summed E-state index contributed by atoms with van der Waals surface area (Å²) in [5.41, 5.74) is 1.78. The maximum atomic E-state index is 13.3. The summed E-state index contributed by atoms with van der Waals surface area (Å²) >= 11 is 6.57. The van der Waals surface area contributed by atoms with E-state index in [4.69, 9.17) is 11.8 Å². The van der Waals surface area contributed by atoms with Crippen molar-refractivity contribution in [1.29, 1.82) is 0 Å². The third-order valence-electron chi connectivity index (χ3n) is 5.38. The van der Waals surface area contributed by atoms with Gasteiger partial charge in [0.05, 0.1) is 0 Å². The van der Waals surface area contributed by atoms with Gasteiger partial charge in [0.15, 0.2) is 5.78 Å². The molecule has 0 aliphatic carbocycles. The highest BCUT2D eigenvalue weighted by molar-refractivity contribution is 8.22. The summed E-state index contributed by atoms with van der Waals surface area (Å²) < 4.78 is 0. The molecule has 30 heavy (non-hydrogen) atoms. The Morgan fingerprint density at radius 1 is 0.633 bits per heavy atom. The molecular formula is C27H23OPS. The van der Waals surface area contributed by atoms with Crippen molar-refractivity contribution >= 4 is 34.2 Å². The van der Waals surface area contributed by atoms with Crippen LogP contribution in [0.25, 0.3) is 0 Å². The molecule has 1 unspecified atom stereocenters. The summed E-state index contributed by atoms with van der Waals surface area (Å²) in [5.74, 6) is 0.130. The first kappa shape index (κ1) is 20.5. The number of ketones is 1. The van der Waals surface area contributed by atoms with Gasteiger partial charge in [-0.05, 0) is 16.2 Å². The number of hydrogen-bond donors (Lipinski definition) is 0. The normalized spacial score (nSPS) is 12.3.